The highest BCUT2D eigenvalue weighted by atomic mass is 32.1. The Hall–Kier alpha value is -3.29. The number of rotatable bonds is 5. The first-order valence-electron chi connectivity index (χ1n) is 11.8. The second-order valence-electron chi connectivity index (χ2n) is 8.92. The molecule has 0 unspecified atom stereocenters. The lowest BCUT2D eigenvalue weighted by Gasteiger charge is -2.33. The number of fused-ring (bicyclic) bond motifs is 2. The van der Waals surface area contributed by atoms with Crippen molar-refractivity contribution in [2.45, 2.75) is 32.2 Å². The van der Waals surface area contributed by atoms with Crippen LogP contribution in [0.2, 0.25) is 0 Å². The minimum absolute atomic E-state index is 0.107. The molecule has 0 aliphatic carbocycles. The normalized spacial score (nSPS) is 16.5. The van der Waals surface area contributed by atoms with Crippen LogP contribution >= 0.6 is 11.3 Å². The van der Waals surface area contributed by atoms with Crippen LogP contribution in [0.25, 0.3) is 31.7 Å². The first-order valence-corrected chi connectivity index (χ1v) is 12.7. The van der Waals surface area contributed by atoms with Gasteiger partial charge in [-0.3, -0.25) is 0 Å². The standard InChI is InChI=1S/C27H27N5OS/c1-18-25(21-8-4-11-28-26(21)32(18)14-15-33)20-7-5-13-31(17-20)27-29-12-10-22(30-27)24-16-19-6-2-3-9-23(19)34-24/h2-4,6,8-12,16,20,33H,5,7,13-15,17H2,1H3/t20-/m0/s1. The molecule has 1 atom stereocenters. The highest BCUT2D eigenvalue weighted by Gasteiger charge is 2.28. The lowest BCUT2D eigenvalue weighted by Crippen LogP contribution is -2.35. The van der Waals surface area contributed by atoms with E-state index in [4.69, 9.17) is 4.98 Å². The number of nitrogens with zero attached hydrogens (tertiary/aromatic N) is 5. The Kier molecular flexibility index (Phi) is 5.51. The molecule has 0 spiro atoms. The summed E-state index contributed by atoms with van der Waals surface area (Å²) in [5.74, 6) is 1.17. The maximum absolute atomic E-state index is 9.61. The number of hydrogen-bond donors (Lipinski definition) is 1. The van der Waals surface area contributed by atoms with Crippen molar-refractivity contribution in [3.63, 3.8) is 0 Å². The van der Waals surface area contributed by atoms with Crippen molar-refractivity contribution in [3.8, 4) is 10.6 Å². The summed E-state index contributed by atoms with van der Waals surface area (Å²) in [6.07, 6.45) is 5.93. The van der Waals surface area contributed by atoms with Crippen LogP contribution in [0.1, 0.15) is 30.0 Å². The van der Waals surface area contributed by atoms with Gasteiger partial charge in [-0.25, -0.2) is 15.0 Å². The zero-order valence-corrected chi connectivity index (χ0v) is 20.0. The minimum Gasteiger partial charge on any atom is -0.395 e. The zero-order valence-electron chi connectivity index (χ0n) is 19.2. The van der Waals surface area contributed by atoms with Gasteiger partial charge in [-0.05, 0) is 61.0 Å². The number of thiophene rings is 1. The van der Waals surface area contributed by atoms with Gasteiger partial charge in [0, 0.05) is 53.7 Å². The van der Waals surface area contributed by atoms with E-state index in [-0.39, 0.29) is 6.61 Å². The van der Waals surface area contributed by atoms with E-state index in [1.54, 1.807) is 11.3 Å². The molecule has 172 valence electrons. The van der Waals surface area contributed by atoms with Gasteiger partial charge in [0.2, 0.25) is 5.95 Å². The number of aliphatic hydroxyl groups is 1. The molecule has 1 fully saturated rings. The molecular weight excluding hydrogens is 442 g/mol. The van der Waals surface area contributed by atoms with Crippen LogP contribution in [0.5, 0.6) is 0 Å². The van der Waals surface area contributed by atoms with E-state index in [1.807, 2.05) is 24.5 Å². The fourth-order valence-electron chi connectivity index (χ4n) is 5.35. The van der Waals surface area contributed by atoms with Gasteiger partial charge in [-0.2, -0.15) is 0 Å². The maximum Gasteiger partial charge on any atom is 0.225 e. The summed E-state index contributed by atoms with van der Waals surface area (Å²) in [5, 5.41) is 12.1. The smallest absolute Gasteiger partial charge is 0.225 e. The summed E-state index contributed by atoms with van der Waals surface area (Å²) < 4.78 is 3.43. The van der Waals surface area contributed by atoms with Crippen LogP contribution in [0, 0.1) is 6.92 Å². The summed E-state index contributed by atoms with van der Waals surface area (Å²) in [6, 6.07) is 16.9. The van der Waals surface area contributed by atoms with Gasteiger partial charge in [0.1, 0.15) is 5.65 Å². The van der Waals surface area contributed by atoms with E-state index in [2.05, 4.69) is 62.8 Å². The molecule has 4 aromatic heterocycles. The van der Waals surface area contributed by atoms with Crippen molar-refractivity contribution in [2.75, 3.05) is 24.6 Å². The maximum atomic E-state index is 9.61. The third kappa shape index (κ3) is 3.65. The fraction of sp³-hybridized carbons (Fsp3) is 0.296. The lowest BCUT2D eigenvalue weighted by atomic mass is 9.89. The van der Waals surface area contributed by atoms with Gasteiger partial charge < -0.3 is 14.6 Å². The molecule has 1 saturated heterocycles. The zero-order chi connectivity index (χ0) is 23.1. The van der Waals surface area contributed by atoms with Crippen LogP contribution in [0.3, 0.4) is 0 Å². The third-order valence-corrected chi connectivity index (χ3v) is 8.02. The van der Waals surface area contributed by atoms with E-state index in [0.717, 1.165) is 43.2 Å². The Morgan fingerprint density at radius 2 is 2.00 bits per heavy atom. The van der Waals surface area contributed by atoms with Crippen molar-refractivity contribution in [3.05, 3.63) is 72.2 Å². The van der Waals surface area contributed by atoms with Gasteiger partial charge in [0.15, 0.2) is 0 Å². The van der Waals surface area contributed by atoms with Gasteiger partial charge in [0.25, 0.3) is 0 Å². The molecule has 34 heavy (non-hydrogen) atoms. The monoisotopic (exact) mass is 469 g/mol. The van der Waals surface area contributed by atoms with Gasteiger partial charge >= 0.3 is 0 Å². The Labute approximate surface area is 202 Å². The summed E-state index contributed by atoms with van der Waals surface area (Å²) in [5.41, 5.74) is 4.49. The molecule has 0 amide bonds. The van der Waals surface area contributed by atoms with Crippen LogP contribution in [-0.4, -0.2) is 44.3 Å². The molecular formula is C27H27N5OS. The largest absolute Gasteiger partial charge is 0.395 e. The number of aromatic nitrogens is 4. The van der Waals surface area contributed by atoms with E-state index >= 15 is 0 Å². The predicted octanol–water partition coefficient (Wildman–Crippen LogP) is 5.39. The van der Waals surface area contributed by atoms with E-state index in [9.17, 15) is 5.11 Å². The molecule has 6 nitrogen and oxygen atoms in total. The van der Waals surface area contributed by atoms with Crippen molar-refractivity contribution in [2.24, 2.45) is 0 Å². The fourth-order valence-corrected chi connectivity index (χ4v) is 6.38. The van der Waals surface area contributed by atoms with E-state index in [0.29, 0.717) is 12.5 Å². The molecule has 7 heteroatoms. The molecule has 1 aliphatic rings. The molecule has 1 N–H and O–H groups in total. The number of benzene rings is 1. The molecule has 5 aromatic rings. The van der Waals surface area contributed by atoms with Crippen LogP contribution < -0.4 is 4.90 Å². The average molecular weight is 470 g/mol. The summed E-state index contributed by atoms with van der Waals surface area (Å²) in [6.45, 7) is 4.67. The summed E-state index contributed by atoms with van der Waals surface area (Å²) in [4.78, 5) is 17.8. The number of aliphatic hydroxyl groups excluding tert-OH is 1. The van der Waals surface area contributed by atoms with Gasteiger partial charge in [-0.1, -0.05) is 18.2 Å². The van der Waals surface area contributed by atoms with Crippen molar-refractivity contribution < 1.29 is 5.11 Å². The molecule has 0 saturated carbocycles. The SMILES string of the molecule is Cc1c([C@H]2CCCN(c3nccc(-c4cc5ccccc5s4)n3)C2)c2cccnc2n1CCO. The van der Waals surface area contributed by atoms with E-state index < -0.39 is 0 Å². The van der Waals surface area contributed by atoms with Gasteiger partial charge in [-0.15, -0.1) is 11.3 Å². The highest BCUT2D eigenvalue weighted by molar-refractivity contribution is 7.22. The molecule has 0 bridgehead atoms. The van der Waals surface area contributed by atoms with Crippen LogP contribution in [0.15, 0.2) is 60.9 Å². The Morgan fingerprint density at radius 1 is 1.09 bits per heavy atom. The van der Waals surface area contributed by atoms with Crippen LogP contribution in [-0.2, 0) is 6.54 Å². The molecule has 1 aromatic carbocycles. The lowest BCUT2D eigenvalue weighted by molar-refractivity contribution is 0.276. The minimum atomic E-state index is 0.107. The third-order valence-electron chi connectivity index (χ3n) is 6.88. The van der Waals surface area contributed by atoms with Crippen LogP contribution in [0.4, 0.5) is 5.95 Å². The first-order chi connectivity index (χ1) is 16.7. The van der Waals surface area contributed by atoms with E-state index in [1.165, 1.54) is 31.6 Å². The Balaban J connectivity index is 1.33. The molecule has 1 aliphatic heterocycles. The first kappa shape index (κ1) is 21.3. The Bertz CT molecular complexity index is 1440. The number of anilines is 1. The second-order valence-corrected chi connectivity index (χ2v) is 10.0. The molecule has 6 rings (SSSR count). The summed E-state index contributed by atoms with van der Waals surface area (Å²) in [7, 11) is 0. The van der Waals surface area contributed by atoms with Gasteiger partial charge in [0.05, 0.1) is 17.2 Å². The summed E-state index contributed by atoms with van der Waals surface area (Å²) >= 11 is 1.77. The number of pyridine rings is 1. The van der Waals surface area contributed by atoms with Crippen molar-refractivity contribution in [1.82, 2.24) is 19.5 Å². The van der Waals surface area contributed by atoms with Crippen molar-refractivity contribution in [1.29, 1.82) is 0 Å². The number of hydrogen-bond acceptors (Lipinski definition) is 6. The number of piperidine rings is 1. The molecule has 5 heterocycles. The average Bonchev–Trinajstić information content (AvgIpc) is 3.44. The van der Waals surface area contributed by atoms with Crippen molar-refractivity contribution >= 4 is 38.4 Å². The predicted molar refractivity (Wildman–Crippen MR) is 139 cm³/mol. The highest BCUT2D eigenvalue weighted by Crippen LogP contribution is 2.37. The molecule has 0 radical (unpaired) electrons. The quantitative estimate of drug-likeness (QED) is 0.374. The second kappa shape index (κ2) is 8.81. The topological polar surface area (TPSA) is 67.1 Å². The Morgan fingerprint density at radius 3 is 2.88 bits per heavy atom.